The van der Waals surface area contributed by atoms with E-state index < -0.39 is 14.8 Å². The fraction of sp³-hybridized carbons (Fsp3) is 0.625. The summed E-state index contributed by atoms with van der Waals surface area (Å²) in [7, 11) is 3.46. The van der Waals surface area contributed by atoms with Crippen molar-refractivity contribution >= 4 is 14.8 Å². The van der Waals surface area contributed by atoms with Crippen LogP contribution in [0.25, 0.3) is 0 Å². The second kappa shape index (κ2) is 11.1. The van der Waals surface area contributed by atoms with Crippen molar-refractivity contribution in [1.82, 2.24) is 0 Å². The van der Waals surface area contributed by atoms with Gasteiger partial charge < -0.3 is 17.1 Å². The first-order valence-electron chi connectivity index (χ1n) is 13.5. The summed E-state index contributed by atoms with van der Waals surface area (Å²) in [4.78, 5) is 0. The van der Waals surface area contributed by atoms with Crippen LogP contribution in [0.5, 0.6) is 23.0 Å². The maximum absolute atomic E-state index is 7.00. The Bertz CT molecular complexity index is 920. The highest BCUT2D eigenvalue weighted by atomic mass is 27.2. The van der Waals surface area contributed by atoms with Gasteiger partial charge in [-0.25, -0.2) is 0 Å². The van der Waals surface area contributed by atoms with Crippen molar-refractivity contribution in [2.45, 2.75) is 117 Å². The van der Waals surface area contributed by atoms with Crippen LogP contribution in [0.15, 0.2) is 24.3 Å². The van der Waals surface area contributed by atoms with Gasteiger partial charge in [0, 0.05) is 22.3 Å². The smallest absolute Gasteiger partial charge is 0.611 e. The van der Waals surface area contributed by atoms with Gasteiger partial charge in [-0.3, -0.25) is 0 Å². The van der Waals surface area contributed by atoms with E-state index in [2.05, 4.69) is 114 Å². The Labute approximate surface area is 232 Å². The van der Waals surface area contributed by atoms with Crippen molar-refractivity contribution in [2.75, 3.05) is 14.2 Å². The molecule has 4 nitrogen and oxygen atoms in total. The van der Waals surface area contributed by atoms with Crippen molar-refractivity contribution in [3.63, 3.8) is 0 Å². The minimum Gasteiger partial charge on any atom is -0.611 e. The zero-order valence-electron chi connectivity index (χ0n) is 26.2. The van der Waals surface area contributed by atoms with Gasteiger partial charge in [-0.15, -0.1) is 0 Å². The lowest BCUT2D eigenvalue weighted by molar-refractivity contribution is 0.376. The van der Waals surface area contributed by atoms with E-state index in [1.54, 1.807) is 14.2 Å². The van der Waals surface area contributed by atoms with E-state index in [-0.39, 0.29) is 21.7 Å². The Morgan fingerprint density at radius 3 is 0.919 bits per heavy atom. The lowest BCUT2D eigenvalue weighted by atomic mass is 9.79. The highest BCUT2D eigenvalue weighted by Gasteiger charge is 2.38. The molecule has 0 fully saturated rings. The molecule has 0 atom stereocenters. The number of benzene rings is 2. The van der Waals surface area contributed by atoms with E-state index in [9.17, 15) is 0 Å². The Kier molecular flexibility index (Phi) is 9.43. The number of hydrogen-bond acceptors (Lipinski definition) is 4. The van der Waals surface area contributed by atoms with Gasteiger partial charge in [0.2, 0.25) is 0 Å². The largest absolute Gasteiger partial charge is 0.856 e. The van der Waals surface area contributed by atoms with Crippen molar-refractivity contribution in [3.05, 3.63) is 46.5 Å². The molecular weight excluding hydrogens is 475 g/mol. The van der Waals surface area contributed by atoms with Crippen molar-refractivity contribution in [2.24, 2.45) is 0 Å². The third kappa shape index (κ3) is 7.61. The van der Waals surface area contributed by atoms with Crippen LogP contribution >= 0.6 is 0 Å². The van der Waals surface area contributed by atoms with Gasteiger partial charge in [0.05, 0.1) is 25.7 Å². The summed E-state index contributed by atoms with van der Waals surface area (Å²) in [5, 5.41) is 0.832. The standard InChI is InChI=1S/2C15H24O2.C2H5.Al/c2*1-14(2,3)11-8-10(17-7)9-12(13(11)16)15(4,5)6;1-2;/h2*8-9,16H,1-7H3;1H2,2H3;/q;;;+2/p-2. The van der Waals surface area contributed by atoms with Crippen molar-refractivity contribution < 1.29 is 17.1 Å². The van der Waals surface area contributed by atoms with Gasteiger partial charge in [0.25, 0.3) is 0 Å². The second-order valence-corrected chi connectivity index (χ2v) is 16.3. The molecule has 0 heterocycles. The van der Waals surface area contributed by atoms with Gasteiger partial charge in [-0.05, 0) is 51.2 Å². The van der Waals surface area contributed by atoms with Crippen LogP contribution in [0.1, 0.15) is 112 Å². The van der Waals surface area contributed by atoms with Crippen LogP contribution < -0.4 is 17.1 Å². The molecule has 0 radical (unpaired) electrons. The van der Waals surface area contributed by atoms with Gasteiger partial charge in [0.15, 0.2) is 0 Å². The molecule has 0 aliphatic carbocycles. The van der Waals surface area contributed by atoms with Crippen LogP contribution in [0.2, 0.25) is 5.28 Å². The number of hydrogen-bond donors (Lipinski definition) is 0. The number of ether oxygens (including phenoxy) is 2. The SMILES string of the molecule is C[CH2][Al]([O]c1c(C(C)(C)C)cc(OC)cc1C(C)(C)C)[O]c1c(C(C)(C)C)cc(OC)cc1C(C)(C)C. The number of methoxy groups -OCH3 is 2. The average Bonchev–Trinajstić information content (AvgIpc) is 2.75. The molecule has 0 bridgehead atoms. The molecule has 206 valence electrons. The van der Waals surface area contributed by atoms with E-state index in [0.29, 0.717) is 0 Å². The molecule has 0 aliphatic rings. The maximum Gasteiger partial charge on any atom is 0.856 e. The summed E-state index contributed by atoms with van der Waals surface area (Å²) in [5.41, 5.74) is 4.10. The third-order valence-electron chi connectivity index (χ3n) is 6.66. The normalized spacial score (nSPS) is 12.8. The summed E-state index contributed by atoms with van der Waals surface area (Å²) in [5.74, 6) is 3.61. The Balaban J connectivity index is 2.76. The minimum absolute atomic E-state index is 0.121. The molecule has 0 aromatic heterocycles. The fourth-order valence-corrected chi connectivity index (χ4v) is 5.79. The molecule has 0 saturated carbocycles. The molecule has 2 aromatic carbocycles. The highest BCUT2D eigenvalue weighted by Crippen LogP contribution is 2.45. The molecule has 0 spiro atoms. The molecule has 0 saturated heterocycles. The third-order valence-corrected chi connectivity index (χ3v) is 8.32. The van der Waals surface area contributed by atoms with Crippen molar-refractivity contribution in [1.29, 1.82) is 0 Å². The molecule has 37 heavy (non-hydrogen) atoms. The Morgan fingerprint density at radius 1 is 0.514 bits per heavy atom. The van der Waals surface area contributed by atoms with Crippen LogP contribution in [0.4, 0.5) is 0 Å². The second-order valence-electron chi connectivity index (χ2n) is 14.2. The van der Waals surface area contributed by atoms with Gasteiger partial charge in [0.1, 0.15) is 11.5 Å². The average molecular weight is 527 g/mol. The number of rotatable bonds is 7. The van der Waals surface area contributed by atoms with Crippen LogP contribution in [-0.4, -0.2) is 29.0 Å². The topological polar surface area (TPSA) is 36.9 Å². The van der Waals surface area contributed by atoms with E-state index in [1.807, 2.05) is 0 Å². The van der Waals surface area contributed by atoms with E-state index in [4.69, 9.17) is 17.1 Å². The molecule has 0 unspecified atom stereocenters. The summed E-state index contributed by atoms with van der Waals surface area (Å²) in [6.07, 6.45) is 0. The molecule has 5 heteroatoms. The van der Waals surface area contributed by atoms with E-state index in [1.165, 1.54) is 0 Å². The molecular formula is C32H51AlO4. The molecule has 2 rings (SSSR count). The zero-order valence-corrected chi connectivity index (χ0v) is 27.4. The van der Waals surface area contributed by atoms with Gasteiger partial charge in [-0.1, -0.05) is 90.0 Å². The van der Waals surface area contributed by atoms with Crippen LogP contribution in [0, 0.1) is 0 Å². The first-order valence-corrected chi connectivity index (χ1v) is 15.3. The summed E-state index contributed by atoms with van der Waals surface area (Å²) in [6, 6.07) is 8.50. The predicted molar refractivity (Wildman–Crippen MR) is 158 cm³/mol. The molecule has 2 aromatic rings. The minimum atomic E-state index is -2.20. The van der Waals surface area contributed by atoms with Crippen LogP contribution in [0.3, 0.4) is 0 Å². The summed E-state index contributed by atoms with van der Waals surface area (Å²) < 4.78 is 25.4. The first-order chi connectivity index (χ1) is 16.7. The van der Waals surface area contributed by atoms with E-state index >= 15 is 0 Å². The fourth-order valence-electron chi connectivity index (χ4n) is 4.38. The lowest BCUT2D eigenvalue weighted by Gasteiger charge is -2.34. The summed E-state index contributed by atoms with van der Waals surface area (Å²) in [6.45, 7) is 28.9. The maximum atomic E-state index is 7.00. The monoisotopic (exact) mass is 526 g/mol. The first kappa shape index (κ1) is 31.4. The zero-order chi connectivity index (χ0) is 28.6. The van der Waals surface area contributed by atoms with Crippen LogP contribution in [-0.2, 0) is 21.7 Å². The Morgan fingerprint density at radius 2 is 0.757 bits per heavy atom. The quantitative estimate of drug-likeness (QED) is 0.338. The van der Waals surface area contributed by atoms with Gasteiger partial charge in [-0.2, -0.15) is 0 Å². The van der Waals surface area contributed by atoms with Gasteiger partial charge >= 0.3 is 14.8 Å². The summed E-state index contributed by atoms with van der Waals surface area (Å²) >= 11 is -2.20. The van der Waals surface area contributed by atoms with Crippen molar-refractivity contribution in [3.8, 4) is 23.0 Å². The predicted octanol–water partition coefficient (Wildman–Crippen LogP) is 8.86. The van der Waals surface area contributed by atoms with E-state index in [0.717, 1.165) is 50.5 Å². The Hall–Kier alpha value is -1.83. The highest BCUT2D eigenvalue weighted by molar-refractivity contribution is 6.46. The molecule has 0 N–H and O–H groups in total. The lowest BCUT2D eigenvalue weighted by Crippen LogP contribution is -2.34. The molecule has 0 aliphatic heterocycles. The molecule has 0 amide bonds.